The Balaban J connectivity index is 1.63. The van der Waals surface area contributed by atoms with Crippen LogP contribution in [0.3, 0.4) is 0 Å². The van der Waals surface area contributed by atoms with Crippen molar-refractivity contribution in [1.82, 2.24) is 4.90 Å². The van der Waals surface area contributed by atoms with Gasteiger partial charge in [0.15, 0.2) is 0 Å². The van der Waals surface area contributed by atoms with Gasteiger partial charge in [-0.1, -0.05) is 42.5 Å². The Morgan fingerprint density at radius 1 is 1.00 bits per heavy atom. The average molecular weight is 388 g/mol. The molecule has 1 aliphatic heterocycles. The largest absolute Gasteiger partial charge is 0.454 e. The highest BCUT2D eigenvalue weighted by Gasteiger charge is 2.37. The molecule has 146 valence electrons. The summed E-state index contributed by atoms with van der Waals surface area (Å²) in [7, 11) is 0. The minimum absolute atomic E-state index is 0.311. The molecule has 1 saturated heterocycles. The number of amides is 1. The third-order valence-electron chi connectivity index (χ3n) is 4.55. The van der Waals surface area contributed by atoms with E-state index in [-0.39, 0.29) is 5.91 Å². The fourth-order valence-electron chi connectivity index (χ4n) is 3.11. The molecule has 1 aliphatic rings. The summed E-state index contributed by atoms with van der Waals surface area (Å²) in [4.78, 5) is 25.0. The second kappa shape index (κ2) is 8.29. The van der Waals surface area contributed by atoms with Crippen LogP contribution in [0.1, 0.15) is 12.8 Å². The summed E-state index contributed by atoms with van der Waals surface area (Å²) < 4.78 is 37.0. The van der Waals surface area contributed by atoms with Gasteiger partial charge < -0.3 is 10.2 Å². The van der Waals surface area contributed by atoms with E-state index in [4.69, 9.17) is 0 Å². The molecule has 1 amide bonds. The number of nitrogens with one attached hydrogen (secondary N) is 1. The molecule has 0 aromatic heterocycles. The van der Waals surface area contributed by atoms with Crippen molar-refractivity contribution in [2.24, 2.45) is 0 Å². The van der Waals surface area contributed by atoms with Gasteiger partial charge in [-0.25, -0.2) is 0 Å². The van der Waals surface area contributed by atoms with Gasteiger partial charge in [0, 0.05) is 24.5 Å². The van der Waals surface area contributed by atoms with E-state index in [0.717, 1.165) is 17.3 Å². The number of carbonyl (C=O) groups excluding carboxylic acids is 2. The first-order valence-electron chi connectivity index (χ1n) is 8.86. The molecule has 3 rings (SSSR count). The predicted octanol–water partition coefficient (Wildman–Crippen LogP) is 4.40. The molecule has 0 aliphatic carbocycles. The van der Waals surface area contributed by atoms with Crippen molar-refractivity contribution < 1.29 is 22.8 Å². The van der Waals surface area contributed by atoms with E-state index in [0.29, 0.717) is 31.1 Å². The monoisotopic (exact) mass is 388 g/mol. The molecule has 0 saturated carbocycles. The summed E-state index contributed by atoms with van der Waals surface area (Å²) in [5, 5.41) is 2.79. The number of likely N-dealkylation sites (tertiary alicyclic amines) is 1. The number of benzene rings is 2. The Kier molecular flexibility index (Phi) is 5.82. The molecular weight excluding hydrogens is 369 g/mol. The Morgan fingerprint density at radius 2 is 1.64 bits per heavy atom. The second-order valence-electron chi connectivity index (χ2n) is 6.51. The normalized spacial score (nSPS) is 17.1. The SMILES string of the molecule is O=C(Nc1ccc(-c2ccccc2)cc1)C1CCCN1C=CC(=O)C(F)(F)F. The van der Waals surface area contributed by atoms with Crippen LogP contribution in [0.4, 0.5) is 18.9 Å². The Labute approximate surface area is 160 Å². The van der Waals surface area contributed by atoms with Crippen molar-refractivity contribution in [3.05, 3.63) is 66.9 Å². The predicted molar refractivity (Wildman–Crippen MR) is 100 cm³/mol. The third-order valence-corrected chi connectivity index (χ3v) is 4.55. The van der Waals surface area contributed by atoms with E-state index in [1.54, 1.807) is 12.1 Å². The average Bonchev–Trinajstić information content (AvgIpc) is 3.15. The van der Waals surface area contributed by atoms with Crippen LogP contribution in [0.2, 0.25) is 0 Å². The van der Waals surface area contributed by atoms with Gasteiger partial charge in [0.25, 0.3) is 5.78 Å². The topological polar surface area (TPSA) is 49.4 Å². The first kappa shape index (κ1) is 19.7. The molecular formula is C21H19F3N2O2. The van der Waals surface area contributed by atoms with Crippen molar-refractivity contribution in [1.29, 1.82) is 0 Å². The number of alkyl halides is 3. The van der Waals surface area contributed by atoms with Gasteiger partial charge in [-0.2, -0.15) is 13.2 Å². The van der Waals surface area contributed by atoms with E-state index in [1.807, 2.05) is 42.5 Å². The maximum absolute atomic E-state index is 12.5. The Morgan fingerprint density at radius 3 is 2.29 bits per heavy atom. The number of anilines is 1. The lowest BCUT2D eigenvalue weighted by molar-refractivity contribution is -0.165. The zero-order valence-electron chi connectivity index (χ0n) is 14.9. The van der Waals surface area contributed by atoms with Gasteiger partial charge >= 0.3 is 6.18 Å². The smallest absolute Gasteiger partial charge is 0.365 e. The molecule has 1 atom stereocenters. The zero-order chi connectivity index (χ0) is 20.1. The standard InChI is InChI=1S/C21H19F3N2O2/c22-21(23,24)19(27)12-14-26-13-4-7-18(26)20(28)25-17-10-8-16(9-11-17)15-5-2-1-3-6-15/h1-3,5-6,8-12,14,18H,4,7,13H2,(H,25,28). The minimum Gasteiger partial charge on any atom is -0.365 e. The fraction of sp³-hybridized carbons (Fsp3) is 0.238. The number of hydrogen-bond acceptors (Lipinski definition) is 3. The number of allylic oxidation sites excluding steroid dienone is 1. The van der Waals surface area contributed by atoms with Gasteiger partial charge in [-0.15, -0.1) is 0 Å². The van der Waals surface area contributed by atoms with E-state index < -0.39 is 18.0 Å². The van der Waals surface area contributed by atoms with E-state index in [9.17, 15) is 22.8 Å². The van der Waals surface area contributed by atoms with Crippen LogP contribution in [0.15, 0.2) is 66.9 Å². The number of halogens is 3. The van der Waals surface area contributed by atoms with E-state index in [2.05, 4.69) is 5.32 Å². The van der Waals surface area contributed by atoms with Crippen molar-refractivity contribution in [2.75, 3.05) is 11.9 Å². The van der Waals surface area contributed by atoms with Crippen LogP contribution in [0.5, 0.6) is 0 Å². The highest BCUT2D eigenvalue weighted by atomic mass is 19.4. The molecule has 0 bridgehead atoms. The molecule has 2 aromatic carbocycles. The second-order valence-corrected chi connectivity index (χ2v) is 6.51. The zero-order valence-corrected chi connectivity index (χ0v) is 14.9. The summed E-state index contributed by atoms with van der Waals surface area (Å²) in [5.41, 5.74) is 2.67. The molecule has 1 N–H and O–H groups in total. The Bertz CT molecular complexity index is 861. The lowest BCUT2D eigenvalue weighted by Crippen LogP contribution is -2.36. The molecule has 28 heavy (non-hydrogen) atoms. The molecule has 1 unspecified atom stereocenters. The summed E-state index contributed by atoms with van der Waals surface area (Å²) >= 11 is 0. The lowest BCUT2D eigenvalue weighted by Gasteiger charge is -2.22. The van der Waals surface area contributed by atoms with E-state index in [1.165, 1.54) is 4.90 Å². The number of nitrogens with zero attached hydrogens (tertiary/aromatic N) is 1. The maximum Gasteiger partial charge on any atom is 0.454 e. The van der Waals surface area contributed by atoms with Crippen LogP contribution in [0, 0.1) is 0 Å². The summed E-state index contributed by atoms with van der Waals surface area (Å²) in [5.74, 6) is -2.25. The van der Waals surface area contributed by atoms with Crippen LogP contribution < -0.4 is 5.32 Å². The quantitative estimate of drug-likeness (QED) is 0.773. The van der Waals surface area contributed by atoms with Gasteiger partial charge in [-0.05, 0) is 36.1 Å². The molecule has 2 aromatic rings. The first-order chi connectivity index (χ1) is 13.3. The van der Waals surface area contributed by atoms with Crippen molar-refractivity contribution >= 4 is 17.4 Å². The van der Waals surface area contributed by atoms with Gasteiger partial charge in [0.1, 0.15) is 6.04 Å². The molecule has 0 spiro atoms. The van der Waals surface area contributed by atoms with Crippen LogP contribution >= 0.6 is 0 Å². The summed E-state index contributed by atoms with van der Waals surface area (Å²) in [6.07, 6.45) is -2.20. The summed E-state index contributed by atoms with van der Waals surface area (Å²) in [6.45, 7) is 0.423. The summed E-state index contributed by atoms with van der Waals surface area (Å²) in [6, 6.07) is 16.5. The molecule has 1 heterocycles. The maximum atomic E-state index is 12.5. The van der Waals surface area contributed by atoms with Crippen LogP contribution in [-0.4, -0.2) is 35.4 Å². The molecule has 4 nitrogen and oxygen atoms in total. The van der Waals surface area contributed by atoms with E-state index >= 15 is 0 Å². The number of carbonyl (C=O) groups is 2. The molecule has 7 heteroatoms. The first-order valence-corrected chi connectivity index (χ1v) is 8.86. The minimum atomic E-state index is -4.91. The highest BCUT2D eigenvalue weighted by molar-refractivity contribution is 5.96. The van der Waals surface area contributed by atoms with Gasteiger partial charge in [0.05, 0.1) is 0 Å². The number of hydrogen-bond donors (Lipinski definition) is 1. The molecule has 1 fully saturated rings. The third kappa shape index (κ3) is 4.79. The Hall–Kier alpha value is -3.09. The lowest BCUT2D eigenvalue weighted by atomic mass is 10.1. The van der Waals surface area contributed by atoms with Crippen molar-refractivity contribution in [3.63, 3.8) is 0 Å². The molecule has 0 radical (unpaired) electrons. The van der Waals surface area contributed by atoms with Gasteiger partial charge in [0.2, 0.25) is 5.91 Å². The van der Waals surface area contributed by atoms with Crippen LogP contribution in [-0.2, 0) is 9.59 Å². The van der Waals surface area contributed by atoms with Crippen molar-refractivity contribution in [3.8, 4) is 11.1 Å². The van der Waals surface area contributed by atoms with Crippen molar-refractivity contribution in [2.45, 2.75) is 25.1 Å². The highest BCUT2D eigenvalue weighted by Crippen LogP contribution is 2.23. The number of ketones is 1. The number of rotatable bonds is 5. The van der Waals surface area contributed by atoms with Crippen LogP contribution in [0.25, 0.3) is 11.1 Å². The van der Waals surface area contributed by atoms with Gasteiger partial charge in [-0.3, -0.25) is 9.59 Å². The fourth-order valence-corrected chi connectivity index (χ4v) is 3.11.